The predicted molar refractivity (Wildman–Crippen MR) is 69.4 cm³/mol. The fraction of sp³-hybridized carbons (Fsp3) is 0.143. The van der Waals surface area contributed by atoms with Gasteiger partial charge in [0.25, 0.3) is 0 Å². The minimum absolute atomic E-state index is 0.373. The molecule has 0 radical (unpaired) electrons. The van der Waals surface area contributed by atoms with E-state index in [9.17, 15) is 4.79 Å². The van der Waals surface area contributed by atoms with Crippen LogP contribution in [-0.4, -0.2) is 22.9 Å². The van der Waals surface area contributed by atoms with Crippen LogP contribution >= 0.6 is 0 Å². The van der Waals surface area contributed by atoms with E-state index in [1.807, 2.05) is 43.5 Å². The Labute approximate surface area is 106 Å². The van der Waals surface area contributed by atoms with Gasteiger partial charge in [-0.2, -0.15) is 5.10 Å². The Morgan fingerprint density at radius 1 is 1.33 bits per heavy atom. The molecule has 0 N–H and O–H groups in total. The molecule has 1 aromatic heterocycles. The lowest BCUT2D eigenvalue weighted by Crippen LogP contribution is -1.93. The summed E-state index contributed by atoms with van der Waals surface area (Å²) in [6, 6.07) is 9.81. The van der Waals surface area contributed by atoms with Crippen molar-refractivity contribution in [2.45, 2.75) is 6.92 Å². The van der Waals surface area contributed by atoms with Crippen molar-refractivity contribution in [3.8, 4) is 5.69 Å². The number of aryl methyl sites for hydroxylation is 1. The van der Waals surface area contributed by atoms with Crippen molar-refractivity contribution < 1.29 is 9.53 Å². The van der Waals surface area contributed by atoms with Crippen LogP contribution in [0.4, 0.5) is 0 Å². The van der Waals surface area contributed by atoms with Crippen LogP contribution in [0.1, 0.15) is 11.3 Å². The van der Waals surface area contributed by atoms with Crippen molar-refractivity contribution in [2.24, 2.45) is 0 Å². The van der Waals surface area contributed by atoms with Crippen LogP contribution < -0.4 is 0 Å². The van der Waals surface area contributed by atoms with Crippen LogP contribution in [0.5, 0.6) is 0 Å². The molecule has 0 fully saturated rings. The van der Waals surface area contributed by atoms with Gasteiger partial charge in [-0.05, 0) is 25.1 Å². The highest BCUT2D eigenvalue weighted by Crippen LogP contribution is 2.13. The quantitative estimate of drug-likeness (QED) is 0.613. The molecule has 92 valence electrons. The smallest absolute Gasteiger partial charge is 0.330 e. The van der Waals surface area contributed by atoms with E-state index in [1.165, 1.54) is 13.2 Å². The summed E-state index contributed by atoms with van der Waals surface area (Å²) in [6.45, 7) is 1.90. The molecular weight excluding hydrogens is 228 g/mol. The number of carbonyl (C=O) groups is 1. The number of esters is 1. The maximum absolute atomic E-state index is 11.0. The molecule has 2 aromatic rings. The lowest BCUT2D eigenvalue weighted by molar-refractivity contribution is -0.134. The fourth-order valence-electron chi connectivity index (χ4n) is 1.58. The number of ether oxygens (including phenoxy) is 1. The number of hydrogen-bond acceptors (Lipinski definition) is 3. The third kappa shape index (κ3) is 2.66. The Hall–Kier alpha value is -2.36. The maximum Gasteiger partial charge on any atom is 0.330 e. The molecule has 0 saturated carbocycles. The number of hydrogen-bond donors (Lipinski definition) is 0. The number of nitrogens with zero attached hydrogens (tertiary/aromatic N) is 2. The van der Waals surface area contributed by atoms with Gasteiger partial charge < -0.3 is 4.74 Å². The van der Waals surface area contributed by atoms with Crippen molar-refractivity contribution in [3.63, 3.8) is 0 Å². The van der Waals surface area contributed by atoms with Crippen LogP contribution in [-0.2, 0) is 9.53 Å². The van der Waals surface area contributed by atoms with Gasteiger partial charge in [-0.25, -0.2) is 9.48 Å². The molecule has 1 heterocycles. The highest BCUT2D eigenvalue weighted by Gasteiger charge is 2.04. The summed E-state index contributed by atoms with van der Waals surface area (Å²) in [4.78, 5) is 11.0. The zero-order valence-electron chi connectivity index (χ0n) is 10.3. The van der Waals surface area contributed by atoms with E-state index in [0.29, 0.717) is 0 Å². The van der Waals surface area contributed by atoms with Gasteiger partial charge in [0.1, 0.15) is 0 Å². The molecule has 0 saturated heterocycles. The average molecular weight is 242 g/mol. The molecule has 0 aliphatic heterocycles. The van der Waals surface area contributed by atoms with Gasteiger partial charge in [0.05, 0.1) is 18.5 Å². The number of aromatic nitrogens is 2. The first-order chi connectivity index (χ1) is 8.70. The summed E-state index contributed by atoms with van der Waals surface area (Å²) in [7, 11) is 1.35. The average Bonchev–Trinajstić information content (AvgIpc) is 2.78. The maximum atomic E-state index is 11.0. The summed E-state index contributed by atoms with van der Waals surface area (Å²) in [5.41, 5.74) is 2.74. The number of rotatable bonds is 3. The first-order valence-corrected chi connectivity index (χ1v) is 5.58. The molecule has 4 nitrogen and oxygen atoms in total. The highest BCUT2D eigenvalue weighted by molar-refractivity contribution is 5.87. The largest absolute Gasteiger partial charge is 0.466 e. The number of methoxy groups -OCH3 is 1. The summed E-state index contributed by atoms with van der Waals surface area (Å²) in [5, 5.41) is 4.40. The first-order valence-electron chi connectivity index (χ1n) is 5.58. The van der Waals surface area contributed by atoms with Crippen molar-refractivity contribution in [1.82, 2.24) is 9.78 Å². The molecule has 0 bridgehead atoms. The second kappa shape index (κ2) is 5.31. The molecule has 0 spiro atoms. The third-order valence-corrected chi connectivity index (χ3v) is 2.56. The van der Waals surface area contributed by atoms with Gasteiger partial charge in [-0.15, -0.1) is 0 Å². The Morgan fingerprint density at radius 2 is 2.06 bits per heavy atom. The topological polar surface area (TPSA) is 44.1 Å². The Morgan fingerprint density at radius 3 is 2.72 bits per heavy atom. The van der Waals surface area contributed by atoms with Crippen molar-refractivity contribution in [3.05, 3.63) is 53.9 Å². The molecule has 0 atom stereocenters. The van der Waals surface area contributed by atoms with Gasteiger partial charge >= 0.3 is 5.97 Å². The van der Waals surface area contributed by atoms with Crippen LogP contribution in [0.3, 0.4) is 0 Å². The van der Waals surface area contributed by atoms with E-state index in [-0.39, 0.29) is 5.97 Å². The number of carbonyl (C=O) groups excluding carboxylic acids is 1. The molecule has 18 heavy (non-hydrogen) atoms. The minimum Gasteiger partial charge on any atom is -0.466 e. The van der Waals surface area contributed by atoms with E-state index in [0.717, 1.165) is 16.9 Å². The van der Waals surface area contributed by atoms with Crippen LogP contribution in [0, 0.1) is 6.92 Å². The summed E-state index contributed by atoms with van der Waals surface area (Å²) < 4.78 is 6.33. The molecule has 1 aromatic carbocycles. The zero-order chi connectivity index (χ0) is 13.0. The van der Waals surface area contributed by atoms with Crippen molar-refractivity contribution in [1.29, 1.82) is 0 Å². The van der Waals surface area contributed by atoms with Gasteiger partial charge in [0, 0.05) is 17.8 Å². The second-order valence-corrected chi connectivity index (χ2v) is 3.81. The molecule has 4 heteroatoms. The van der Waals surface area contributed by atoms with Gasteiger partial charge in [-0.1, -0.05) is 18.2 Å². The summed E-state index contributed by atoms with van der Waals surface area (Å²) in [6.07, 6.45) is 4.97. The van der Waals surface area contributed by atoms with Crippen LogP contribution in [0.15, 0.2) is 42.6 Å². The van der Waals surface area contributed by atoms with E-state index in [2.05, 4.69) is 9.84 Å². The Balaban J connectivity index is 2.28. The second-order valence-electron chi connectivity index (χ2n) is 3.81. The van der Waals surface area contributed by atoms with Crippen molar-refractivity contribution >= 4 is 12.0 Å². The molecule has 0 amide bonds. The molecule has 0 unspecified atom stereocenters. The molecule has 0 aliphatic carbocycles. The van der Waals surface area contributed by atoms with E-state index in [1.54, 1.807) is 10.8 Å². The lowest BCUT2D eigenvalue weighted by Gasteiger charge is -1.98. The van der Waals surface area contributed by atoms with Gasteiger partial charge in [-0.3, -0.25) is 0 Å². The Kier molecular flexibility index (Phi) is 3.57. The SMILES string of the molecule is COC(=O)C=Cc1cn(-c2ccccc2)nc1C. The van der Waals surface area contributed by atoms with E-state index < -0.39 is 0 Å². The third-order valence-electron chi connectivity index (χ3n) is 2.56. The van der Waals surface area contributed by atoms with Crippen LogP contribution in [0.2, 0.25) is 0 Å². The Bertz CT molecular complexity index is 571. The molecule has 2 rings (SSSR count). The summed E-state index contributed by atoms with van der Waals surface area (Å²) in [5.74, 6) is -0.373. The lowest BCUT2D eigenvalue weighted by atomic mass is 10.2. The van der Waals surface area contributed by atoms with E-state index >= 15 is 0 Å². The van der Waals surface area contributed by atoms with Crippen molar-refractivity contribution in [2.75, 3.05) is 7.11 Å². The predicted octanol–water partition coefficient (Wildman–Crippen LogP) is 2.37. The van der Waals surface area contributed by atoms with Gasteiger partial charge in [0.15, 0.2) is 0 Å². The minimum atomic E-state index is -0.373. The van der Waals surface area contributed by atoms with E-state index in [4.69, 9.17) is 0 Å². The molecule has 0 aliphatic rings. The standard InChI is InChI=1S/C14H14N2O2/c1-11-12(8-9-14(17)18-2)10-16(15-11)13-6-4-3-5-7-13/h3-10H,1-2H3. The highest BCUT2D eigenvalue weighted by atomic mass is 16.5. The monoisotopic (exact) mass is 242 g/mol. The zero-order valence-corrected chi connectivity index (χ0v) is 10.3. The number of benzene rings is 1. The van der Waals surface area contributed by atoms with Gasteiger partial charge in [0.2, 0.25) is 0 Å². The van der Waals surface area contributed by atoms with Crippen LogP contribution in [0.25, 0.3) is 11.8 Å². The number of para-hydroxylation sites is 1. The first kappa shape index (κ1) is 12.1. The normalized spacial score (nSPS) is 10.8. The molecular formula is C14H14N2O2. The summed E-state index contributed by atoms with van der Waals surface area (Å²) >= 11 is 0. The fourth-order valence-corrected chi connectivity index (χ4v) is 1.58.